The minimum Gasteiger partial charge on any atom is -0.504 e. The number of ether oxygens (including phenoxy) is 2. The molecule has 1 N–H and O–H groups in total. The molecular formula is C43H44F10O3S2. The summed E-state index contributed by atoms with van der Waals surface area (Å²) in [6, 6.07) is 6.47. The summed E-state index contributed by atoms with van der Waals surface area (Å²) in [6.07, 6.45) is 5.47. The van der Waals surface area contributed by atoms with Crippen LogP contribution in [0.25, 0.3) is 0 Å². The van der Waals surface area contributed by atoms with E-state index in [9.17, 15) is 49.0 Å². The van der Waals surface area contributed by atoms with E-state index in [0.29, 0.717) is 28.0 Å². The van der Waals surface area contributed by atoms with Gasteiger partial charge in [0.15, 0.2) is 11.5 Å². The van der Waals surface area contributed by atoms with Gasteiger partial charge in [0, 0.05) is 27.6 Å². The van der Waals surface area contributed by atoms with Crippen LogP contribution in [0.4, 0.5) is 43.9 Å². The number of aromatic hydroxyl groups is 1. The van der Waals surface area contributed by atoms with Crippen LogP contribution >= 0.6 is 23.5 Å². The van der Waals surface area contributed by atoms with Crippen molar-refractivity contribution in [2.45, 2.75) is 120 Å². The van der Waals surface area contributed by atoms with E-state index in [4.69, 9.17) is 9.47 Å². The second-order valence-corrected chi connectivity index (χ2v) is 18.9. The minimum atomic E-state index is -2.34. The number of halogens is 10. The Balaban J connectivity index is 1.45. The molecule has 2 unspecified atom stereocenters. The molecule has 5 rings (SSSR count). The van der Waals surface area contributed by atoms with Gasteiger partial charge in [-0.15, -0.1) is 0 Å². The van der Waals surface area contributed by atoms with E-state index in [1.807, 2.05) is 47.6 Å². The molecule has 4 aromatic carbocycles. The van der Waals surface area contributed by atoms with Gasteiger partial charge in [-0.2, -0.15) is 41.1 Å². The molecule has 1 aliphatic rings. The van der Waals surface area contributed by atoms with E-state index in [1.165, 1.54) is 23.9 Å². The predicted octanol–water partition coefficient (Wildman–Crippen LogP) is 14.5. The average Bonchev–Trinajstić information content (AvgIpc) is 3.15. The fourth-order valence-electron chi connectivity index (χ4n) is 6.48. The Labute approximate surface area is 339 Å². The molecule has 0 aliphatic heterocycles. The maximum atomic E-state index is 14.7. The Hall–Kier alpha value is -3.72. The summed E-state index contributed by atoms with van der Waals surface area (Å²) in [6.45, 7) is 12.9. The SMILES string of the molecule is Cc1c(CSC2CCCCCCC2SCc2cc(C(C)(C)C)cc(Oc3c(F)c(F)c(F)c(F)c3F)c2O)cc(C(C)(C)C)cc1Oc1c(F)c(F)c(F)c(F)c1F. The van der Waals surface area contributed by atoms with Crippen molar-refractivity contribution in [3.05, 3.63) is 110 Å². The molecule has 0 saturated heterocycles. The van der Waals surface area contributed by atoms with Crippen LogP contribution in [0, 0.1) is 65.1 Å². The molecule has 1 fully saturated rings. The monoisotopic (exact) mass is 862 g/mol. The molecule has 0 heterocycles. The van der Waals surface area contributed by atoms with Gasteiger partial charge >= 0.3 is 0 Å². The van der Waals surface area contributed by atoms with Crippen LogP contribution < -0.4 is 9.47 Å². The highest BCUT2D eigenvalue weighted by molar-refractivity contribution is 8.03. The van der Waals surface area contributed by atoms with Crippen LogP contribution in [0.1, 0.15) is 108 Å². The van der Waals surface area contributed by atoms with Gasteiger partial charge in [0.1, 0.15) is 5.75 Å². The van der Waals surface area contributed by atoms with Gasteiger partial charge in [-0.05, 0) is 65.0 Å². The van der Waals surface area contributed by atoms with Gasteiger partial charge in [-0.3, -0.25) is 0 Å². The van der Waals surface area contributed by atoms with E-state index in [0.717, 1.165) is 44.1 Å². The molecule has 1 aliphatic carbocycles. The lowest BCUT2D eigenvalue weighted by atomic mass is 9.85. The number of hydrogen-bond donors (Lipinski definition) is 1. The largest absolute Gasteiger partial charge is 0.504 e. The summed E-state index contributed by atoms with van der Waals surface area (Å²) in [5.74, 6) is -25.2. The standard InChI is InChI=1S/C43H44F10O3S2/c1-20-21(14-23(42(2,3)4)16-25(20)55-40-35(50)31(46)29(44)32(47)36(40)51)18-57-27-12-10-8-9-11-13-28(27)58-19-22-15-24(43(5,6)7)17-26(39(22)54)56-41-37(52)33(48)30(45)34(49)38(41)53/h14-17,27-28,54H,8-13,18-19H2,1-7H3. The van der Waals surface area contributed by atoms with Gasteiger partial charge < -0.3 is 14.6 Å². The van der Waals surface area contributed by atoms with Crippen LogP contribution in [0.15, 0.2) is 24.3 Å². The van der Waals surface area contributed by atoms with Gasteiger partial charge in [0.2, 0.25) is 69.7 Å². The van der Waals surface area contributed by atoms with E-state index in [1.54, 1.807) is 24.8 Å². The second kappa shape index (κ2) is 17.9. The first kappa shape index (κ1) is 45.4. The number of phenolic OH excluding ortho intramolecular Hbond substituents is 1. The molecule has 1 saturated carbocycles. The van der Waals surface area contributed by atoms with Crippen molar-refractivity contribution >= 4 is 23.5 Å². The zero-order chi connectivity index (χ0) is 43.0. The van der Waals surface area contributed by atoms with Gasteiger partial charge in [0.05, 0.1) is 0 Å². The molecule has 3 nitrogen and oxygen atoms in total. The van der Waals surface area contributed by atoms with Crippen LogP contribution in [0.5, 0.6) is 28.7 Å². The summed E-state index contributed by atoms with van der Waals surface area (Å²) < 4.78 is 153. The Morgan fingerprint density at radius 3 is 1.28 bits per heavy atom. The van der Waals surface area contributed by atoms with Gasteiger partial charge in [0.25, 0.3) is 0 Å². The molecule has 0 spiro atoms. The number of thioether (sulfide) groups is 2. The van der Waals surface area contributed by atoms with E-state index in [2.05, 4.69) is 0 Å². The first-order valence-corrected chi connectivity index (χ1v) is 20.7. The molecule has 0 aromatic heterocycles. The van der Waals surface area contributed by atoms with Crippen LogP contribution in [-0.4, -0.2) is 15.6 Å². The van der Waals surface area contributed by atoms with Crippen molar-refractivity contribution in [3.8, 4) is 28.7 Å². The first-order valence-electron chi connectivity index (χ1n) is 18.6. The predicted molar refractivity (Wildman–Crippen MR) is 207 cm³/mol. The highest BCUT2D eigenvalue weighted by Crippen LogP contribution is 2.45. The summed E-state index contributed by atoms with van der Waals surface area (Å²) in [5, 5.41) is 11.4. The summed E-state index contributed by atoms with van der Waals surface area (Å²) in [7, 11) is 0. The normalized spacial score (nSPS) is 16.6. The fraction of sp³-hybridized carbons (Fsp3) is 0.442. The molecule has 316 valence electrons. The summed E-state index contributed by atoms with van der Waals surface area (Å²) in [5.41, 5.74) is 1.70. The molecular weight excluding hydrogens is 819 g/mol. The van der Waals surface area contributed by atoms with Crippen LogP contribution in [0.2, 0.25) is 0 Å². The zero-order valence-electron chi connectivity index (χ0n) is 33.0. The Morgan fingerprint density at radius 2 is 0.862 bits per heavy atom. The second-order valence-electron chi connectivity index (χ2n) is 16.4. The maximum Gasteiger partial charge on any atom is 0.207 e. The third-order valence-corrected chi connectivity index (χ3v) is 13.3. The number of hydrogen-bond acceptors (Lipinski definition) is 5. The van der Waals surface area contributed by atoms with Crippen LogP contribution in [0.3, 0.4) is 0 Å². The van der Waals surface area contributed by atoms with Gasteiger partial charge in [-0.25, -0.2) is 26.3 Å². The van der Waals surface area contributed by atoms with E-state index < -0.39 is 92.0 Å². The van der Waals surface area contributed by atoms with Gasteiger partial charge in [-0.1, -0.05) is 79.4 Å². The lowest BCUT2D eigenvalue weighted by Gasteiger charge is -2.30. The highest BCUT2D eigenvalue weighted by atomic mass is 32.2. The lowest BCUT2D eigenvalue weighted by molar-refractivity contribution is 0.323. The molecule has 0 amide bonds. The minimum absolute atomic E-state index is 0.0118. The van der Waals surface area contributed by atoms with Crippen molar-refractivity contribution in [1.29, 1.82) is 0 Å². The van der Waals surface area contributed by atoms with Crippen molar-refractivity contribution in [3.63, 3.8) is 0 Å². The molecule has 58 heavy (non-hydrogen) atoms. The molecule has 0 radical (unpaired) electrons. The first-order chi connectivity index (χ1) is 27.0. The maximum absolute atomic E-state index is 14.7. The molecule has 2 atom stereocenters. The topological polar surface area (TPSA) is 38.7 Å². The third kappa shape index (κ3) is 9.66. The van der Waals surface area contributed by atoms with Crippen molar-refractivity contribution in [1.82, 2.24) is 0 Å². The quantitative estimate of drug-likeness (QED) is 0.0977. The summed E-state index contributed by atoms with van der Waals surface area (Å²) >= 11 is 3.17. The molecule has 0 bridgehead atoms. The van der Waals surface area contributed by atoms with E-state index in [-0.39, 0.29) is 22.0 Å². The molecule has 15 heteroatoms. The Kier molecular flexibility index (Phi) is 14.0. The van der Waals surface area contributed by atoms with E-state index >= 15 is 0 Å². The third-order valence-electron chi connectivity index (χ3n) is 10.2. The zero-order valence-corrected chi connectivity index (χ0v) is 34.6. The van der Waals surface area contributed by atoms with Crippen molar-refractivity contribution < 1.29 is 58.5 Å². The van der Waals surface area contributed by atoms with Crippen molar-refractivity contribution in [2.75, 3.05) is 0 Å². The highest BCUT2D eigenvalue weighted by Gasteiger charge is 2.32. The number of rotatable bonds is 10. The number of phenols is 1. The average molecular weight is 863 g/mol. The Bertz CT molecular complexity index is 1970. The number of benzene rings is 4. The Morgan fingerprint density at radius 1 is 0.517 bits per heavy atom. The smallest absolute Gasteiger partial charge is 0.207 e. The fourth-order valence-corrected chi connectivity index (χ4v) is 9.63. The van der Waals surface area contributed by atoms with Crippen molar-refractivity contribution in [2.24, 2.45) is 0 Å². The lowest BCUT2D eigenvalue weighted by Crippen LogP contribution is -2.22. The summed E-state index contributed by atoms with van der Waals surface area (Å²) in [4.78, 5) is 0. The molecule has 4 aromatic rings. The van der Waals surface area contributed by atoms with Crippen LogP contribution in [-0.2, 0) is 22.3 Å².